The molecule has 0 bridgehead atoms. The summed E-state index contributed by atoms with van der Waals surface area (Å²) >= 11 is 0. The second kappa shape index (κ2) is 7.89. The first-order valence-corrected chi connectivity index (χ1v) is 10.1. The van der Waals surface area contributed by atoms with E-state index in [0.29, 0.717) is 25.3 Å². The summed E-state index contributed by atoms with van der Waals surface area (Å²) in [6.07, 6.45) is 0.533. The summed E-state index contributed by atoms with van der Waals surface area (Å²) in [6.45, 7) is 4.96. The van der Waals surface area contributed by atoms with Crippen molar-refractivity contribution in [2.24, 2.45) is 0 Å². The predicted octanol–water partition coefficient (Wildman–Crippen LogP) is 4.28. The van der Waals surface area contributed by atoms with Gasteiger partial charge in [0, 0.05) is 18.7 Å². The molecule has 1 aromatic heterocycles. The first-order chi connectivity index (χ1) is 12.5. The van der Waals surface area contributed by atoms with Crippen LogP contribution in [0.15, 0.2) is 71.6 Å². The van der Waals surface area contributed by atoms with Crippen molar-refractivity contribution in [3.05, 3.63) is 78.0 Å². The fraction of sp³-hybridized carbons (Fsp3) is 0.238. The molecule has 2 aromatic carbocycles. The zero-order chi connectivity index (χ0) is 18.6. The molecule has 0 radical (unpaired) electrons. The lowest BCUT2D eigenvalue weighted by Gasteiger charge is -2.15. The van der Waals surface area contributed by atoms with Crippen molar-refractivity contribution >= 4 is 10.0 Å². The minimum atomic E-state index is -3.70. The van der Waals surface area contributed by atoms with E-state index in [4.69, 9.17) is 4.74 Å². The van der Waals surface area contributed by atoms with Gasteiger partial charge in [-0.25, -0.2) is 12.4 Å². The fourth-order valence-electron chi connectivity index (χ4n) is 2.89. The smallest absolute Gasteiger partial charge is 0.268 e. The zero-order valence-electron chi connectivity index (χ0n) is 15.1. The first-order valence-electron chi connectivity index (χ1n) is 8.70. The van der Waals surface area contributed by atoms with Gasteiger partial charge in [0.1, 0.15) is 0 Å². The molecule has 0 aliphatic rings. The van der Waals surface area contributed by atoms with E-state index in [9.17, 15) is 8.42 Å². The predicted molar refractivity (Wildman–Crippen MR) is 104 cm³/mol. The average molecular weight is 369 g/mol. The van der Waals surface area contributed by atoms with Gasteiger partial charge in [-0.05, 0) is 43.7 Å². The van der Waals surface area contributed by atoms with Gasteiger partial charge < -0.3 is 4.74 Å². The van der Waals surface area contributed by atoms with Crippen LogP contribution in [0.4, 0.5) is 0 Å². The quantitative estimate of drug-likeness (QED) is 0.584. The number of aromatic nitrogens is 1. The number of ether oxygens (including phenoxy) is 1. The van der Waals surface area contributed by atoms with E-state index in [-0.39, 0.29) is 4.90 Å². The Labute approximate surface area is 155 Å². The van der Waals surface area contributed by atoms with Crippen molar-refractivity contribution < 1.29 is 13.2 Å². The molecular formula is C21H23NO3S. The Bertz CT molecular complexity index is 958. The number of nitrogens with zero attached hydrogens (tertiary/aromatic N) is 1. The molecule has 0 aliphatic heterocycles. The van der Waals surface area contributed by atoms with Gasteiger partial charge >= 0.3 is 0 Å². The zero-order valence-corrected chi connectivity index (χ0v) is 15.9. The fourth-order valence-corrected chi connectivity index (χ4v) is 4.47. The molecule has 0 saturated heterocycles. The van der Waals surface area contributed by atoms with E-state index in [1.807, 2.05) is 68.4 Å². The molecule has 0 amide bonds. The van der Waals surface area contributed by atoms with E-state index in [1.54, 1.807) is 12.1 Å². The molecule has 1 heterocycles. The normalized spacial score (nSPS) is 11.6. The second-order valence-electron chi connectivity index (χ2n) is 6.11. The lowest BCUT2D eigenvalue weighted by Crippen LogP contribution is -2.18. The molecule has 26 heavy (non-hydrogen) atoms. The monoisotopic (exact) mass is 369 g/mol. The van der Waals surface area contributed by atoms with Crippen molar-refractivity contribution in [3.63, 3.8) is 0 Å². The van der Waals surface area contributed by atoms with Gasteiger partial charge in [0.05, 0.1) is 17.2 Å². The van der Waals surface area contributed by atoms with Crippen LogP contribution in [0.5, 0.6) is 0 Å². The van der Waals surface area contributed by atoms with Crippen molar-refractivity contribution in [3.8, 4) is 11.3 Å². The van der Waals surface area contributed by atoms with Crippen LogP contribution in [-0.4, -0.2) is 25.6 Å². The van der Waals surface area contributed by atoms with E-state index in [1.165, 1.54) is 3.97 Å². The standard InChI is InChI=1S/C21H23NO3S/c1-3-25-16-15-19-11-14-21(18-7-5-4-6-8-18)22(19)26(23,24)20-12-9-17(2)10-13-20/h4-14H,3,15-16H2,1-2H3. The van der Waals surface area contributed by atoms with Crippen LogP contribution in [0.1, 0.15) is 18.2 Å². The maximum atomic E-state index is 13.4. The van der Waals surface area contributed by atoms with Crippen LogP contribution in [0.3, 0.4) is 0 Å². The molecule has 0 atom stereocenters. The van der Waals surface area contributed by atoms with Crippen LogP contribution < -0.4 is 0 Å². The molecule has 3 rings (SSSR count). The van der Waals surface area contributed by atoms with E-state index < -0.39 is 10.0 Å². The summed E-state index contributed by atoms with van der Waals surface area (Å²) in [5, 5.41) is 0. The van der Waals surface area contributed by atoms with Crippen molar-refractivity contribution in [2.75, 3.05) is 13.2 Å². The van der Waals surface area contributed by atoms with Crippen LogP contribution in [-0.2, 0) is 21.2 Å². The maximum absolute atomic E-state index is 13.4. The van der Waals surface area contributed by atoms with Gasteiger partial charge in [-0.1, -0.05) is 48.0 Å². The molecule has 0 aliphatic carbocycles. The Morgan fingerprint density at radius 3 is 2.27 bits per heavy atom. The number of hydrogen-bond acceptors (Lipinski definition) is 3. The summed E-state index contributed by atoms with van der Waals surface area (Å²) < 4.78 is 33.6. The Morgan fingerprint density at radius 2 is 1.62 bits per heavy atom. The highest BCUT2D eigenvalue weighted by Crippen LogP contribution is 2.28. The van der Waals surface area contributed by atoms with E-state index in [2.05, 4.69) is 0 Å². The Balaban J connectivity index is 2.13. The van der Waals surface area contributed by atoms with E-state index in [0.717, 1.165) is 16.8 Å². The van der Waals surface area contributed by atoms with Crippen LogP contribution >= 0.6 is 0 Å². The lowest BCUT2D eigenvalue weighted by atomic mass is 10.2. The summed E-state index contributed by atoms with van der Waals surface area (Å²) in [5.41, 5.74) is 3.28. The number of aryl methyl sites for hydroxylation is 1. The summed E-state index contributed by atoms with van der Waals surface area (Å²) in [4.78, 5) is 0.286. The van der Waals surface area contributed by atoms with Gasteiger partial charge in [0.25, 0.3) is 10.0 Å². The largest absolute Gasteiger partial charge is 0.381 e. The van der Waals surface area contributed by atoms with Gasteiger partial charge in [0.2, 0.25) is 0 Å². The maximum Gasteiger partial charge on any atom is 0.268 e. The Morgan fingerprint density at radius 1 is 0.923 bits per heavy atom. The summed E-state index contributed by atoms with van der Waals surface area (Å²) in [7, 11) is -3.70. The molecule has 0 spiro atoms. The van der Waals surface area contributed by atoms with Gasteiger partial charge in [-0.15, -0.1) is 0 Å². The third-order valence-corrected chi connectivity index (χ3v) is 6.03. The minimum absolute atomic E-state index is 0.286. The van der Waals surface area contributed by atoms with Crippen molar-refractivity contribution in [2.45, 2.75) is 25.2 Å². The molecule has 0 N–H and O–H groups in total. The molecule has 4 nitrogen and oxygen atoms in total. The number of benzene rings is 2. The summed E-state index contributed by atoms with van der Waals surface area (Å²) in [6, 6.07) is 20.3. The third kappa shape index (κ3) is 3.74. The Kier molecular flexibility index (Phi) is 5.59. The Hall–Kier alpha value is -2.37. The van der Waals surface area contributed by atoms with Crippen molar-refractivity contribution in [1.29, 1.82) is 0 Å². The highest BCUT2D eigenvalue weighted by atomic mass is 32.2. The molecule has 3 aromatic rings. The van der Waals surface area contributed by atoms with Gasteiger partial charge in [-0.2, -0.15) is 0 Å². The topological polar surface area (TPSA) is 48.3 Å². The molecular weight excluding hydrogens is 346 g/mol. The number of hydrogen-bond donors (Lipinski definition) is 0. The average Bonchev–Trinajstić information content (AvgIpc) is 3.08. The lowest BCUT2D eigenvalue weighted by molar-refractivity contribution is 0.150. The van der Waals surface area contributed by atoms with E-state index >= 15 is 0 Å². The van der Waals surface area contributed by atoms with Crippen molar-refractivity contribution in [1.82, 2.24) is 3.97 Å². The molecule has 5 heteroatoms. The van der Waals surface area contributed by atoms with Crippen LogP contribution in [0.2, 0.25) is 0 Å². The molecule has 136 valence electrons. The summed E-state index contributed by atoms with van der Waals surface area (Å²) in [5.74, 6) is 0. The highest BCUT2D eigenvalue weighted by Gasteiger charge is 2.23. The third-order valence-electron chi connectivity index (χ3n) is 4.25. The van der Waals surface area contributed by atoms with Crippen LogP contribution in [0.25, 0.3) is 11.3 Å². The first kappa shape index (κ1) is 18.4. The molecule has 0 unspecified atom stereocenters. The minimum Gasteiger partial charge on any atom is -0.381 e. The highest BCUT2D eigenvalue weighted by molar-refractivity contribution is 7.90. The van der Waals surface area contributed by atoms with Gasteiger partial charge in [0.15, 0.2) is 0 Å². The van der Waals surface area contributed by atoms with Gasteiger partial charge in [-0.3, -0.25) is 0 Å². The SMILES string of the molecule is CCOCCc1ccc(-c2ccccc2)n1S(=O)(=O)c1ccc(C)cc1. The molecule has 0 fully saturated rings. The second-order valence-corrected chi connectivity index (χ2v) is 7.89. The number of rotatable bonds is 7. The van der Waals surface area contributed by atoms with Crippen LogP contribution in [0, 0.1) is 6.92 Å². The molecule has 0 saturated carbocycles.